The molecule has 1 atom stereocenters. The van der Waals surface area contributed by atoms with Crippen LogP contribution < -0.4 is 0 Å². The van der Waals surface area contributed by atoms with Crippen LogP contribution in [0.5, 0.6) is 0 Å². The van der Waals surface area contributed by atoms with Gasteiger partial charge in [-0.25, -0.2) is 0 Å². The van der Waals surface area contributed by atoms with Gasteiger partial charge in [0.25, 0.3) is 5.91 Å². The first-order valence-electron chi connectivity index (χ1n) is 8.22. The number of amides is 1. The first-order valence-corrected chi connectivity index (χ1v) is 8.59. The minimum absolute atomic E-state index is 0.0759. The second-order valence-electron chi connectivity index (χ2n) is 6.06. The third kappa shape index (κ3) is 3.44. The number of rotatable bonds is 4. The van der Waals surface area contributed by atoms with E-state index in [2.05, 4.69) is 10.2 Å². The van der Waals surface area contributed by atoms with Crippen molar-refractivity contribution in [3.05, 3.63) is 40.7 Å². The van der Waals surface area contributed by atoms with Crippen LogP contribution in [0.25, 0.3) is 5.69 Å². The zero-order valence-electron chi connectivity index (χ0n) is 13.7. The van der Waals surface area contributed by atoms with E-state index in [-0.39, 0.29) is 18.6 Å². The van der Waals surface area contributed by atoms with Gasteiger partial charge >= 0.3 is 0 Å². The minimum atomic E-state index is -0.112. The molecule has 0 saturated carbocycles. The molecule has 128 valence electrons. The van der Waals surface area contributed by atoms with Crippen LogP contribution in [0.2, 0.25) is 5.02 Å². The van der Waals surface area contributed by atoms with Crippen LogP contribution >= 0.6 is 11.6 Å². The summed E-state index contributed by atoms with van der Waals surface area (Å²) in [5.41, 5.74) is 1.67. The molecule has 7 heteroatoms. The Kier molecular flexibility index (Phi) is 5.16. The highest BCUT2D eigenvalue weighted by Crippen LogP contribution is 2.22. The number of likely N-dealkylation sites (tertiary alicyclic amines) is 1. The smallest absolute Gasteiger partial charge is 0.276 e. The summed E-state index contributed by atoms with van der Waals surface area (Å²) in [5, 5.41) is 18.6. The lowest BCUT2D eigenvalue weighted by Gasteiger charge is -2.35. The van der Waals surface area contributed by atoms with E-state index < -0.39 is 0 Å². The Morgan fingerprint density at radius 1 is 1.38 bits per heavy atom. The fraction of sp³-hybridized carbons (Fsp3) is 0.471. The highest BCUT2D eigenvalue weighted by molar-refractivity contribution is 6.30. The fourth-order valence-corrected chi connectivity index (χ4v) is 3.33. The van der Waals surface area contributed by atoms with Crippen LogP contribution in [0.4, 0.5) is 0 Å². The van der Waals surface area contributed by atoms with Gasteiger partial charge in [0.1, 0.15) is 0 Å². The van der Waals surface area contributed by atoms with E-state index in [9.17, 15) is 9.90 Å². The van der Waals surface area contributed by atoms with Crippen LogP contribution in [0.3, 0.4) is 0 Å². The van der Waals surface area contributed by atoms with E-state index in [1.54, 1.807) is 19.1 Å². The van der Waals surface area contributed by atoms with E-state index in [0.29, 0.717) is 29.4 Å². The van der Waals surface area contributed by atoms with Crippen molar-refractivity contribution < 1.29 is 9.90 Å². The van der Waals surface area contributed by atoms with Crippen molar-refractivity contribution in [2.45, 2.75) is 38.6 Å². The normalized spacial score (nSPS) is 18.0. The molecule has 1 N–H and O–H groups in total. The molecule has 1 aliphatic heterocycles. The Morgan fingerprint density at radius 2 is 2.21 bits per heavy atom. The molecule has 1 unspecified atom stereocenters. The van der Waals surface area contributed by atoms with Gasteiger partial charge in [-0.2, -0.15) is 9.90 Å². The molecule has 1 amide bonds. The Morgan fingerprint density at radius 3 is 2.96 bits per heavy atom. The summed E-state index contributed by atoms with van der Waals surface area (Å²) in [4.78, 5) is 16.2. The van der Waals surface area contributed by atoms with Gasteiger partial charge in [-0.15, -0.1) is 5.10 Å². The lowest BCUT2D eigenvalue weighted by molar-refractivity contribution is 0.0567. The van der Waals surface area contributed by atoms with Gasteiger partial charge < -0.3 is 10.0 Å². The molecule has 0 radical (unpaired) electrons. The number of hydrogen-bond acceptors (Lipinski definition) is 4. The van der Waals surface area contributed by atoms with Crippen molar-refractivity contribution in [3.8, 4) is 5.69 Å². The summed E-state index contributed by atoms with van der Waals surface area (Å²) in [6, 6.07) is 7.27. The number of benzene rings is 1. The highest BCUT2D eigenvalue weighted by Gasteiger charge is 2.30. The summed E-state index contributed by atoms with van der Waals surface area (Å²) in [5.74, 6) is -0.112. The van der Waals surface area contributed by atoms with E-state index in [1.807, 2.05) is 17.0 Å². The number of hydrogen-bond donors (Lipinski definition) is 1. The van der Waals surface area contributed by atoms with Crippen molar-refractivity contribution in [1.29, 1.82) is 0 Å². The molecule has 1 aromatic carbocycles. The van der Waals surface area contributed by atoms with Crippen molar-refractivity contribution in [2.75, 3.05) is 13.2 Å². The Bertz CT molecular complexity index is 729. The molecule has 1 aromatic heterocycles. The number of aliphatic hydroxyl groups is 1. The lowest BCUT2D eigenvalue weighted by atomic mass is 9.99. The molecule has 1 aliphatic rings. The van der Waals surface area contributed by atoms with Crippen LogP contribution in [0.15, 0.2) is 24.3 Å². The predicted molar refractivity (Wildman–Crippen MR) is 91.5 cm³/mol. The van der Waals surface area contributed by atoms with Gasteiger partial charge in [-0.05, 0) is 50.8 Å². The maximum Gasteiger partial charge on any atom is 0.276 e. The molecule has 3 rings (SSSR count). The Labute approximate surface area is 146 Å². The monoisotopic (exact) mass is 348 g/mol. The second-order valence-corrected chi connectivity index (χ2v) is 6.50. The minimum Gasteiger partial charge on any atom is -0.396 e. The standard InChI is InChI=1S/C17H21ClN4O2/c1-12-16(17(24)21-9-3-2-6-14(21)8-10-23)20-22(19-12)15-7-4-5-13(18)11-15/h4-5,7,11,14,23H,2-3,6,8-10H2,1H3. The summed E-state index contributed by atoms with van der Waals surface area (Å²) in [7, 11) is 0. The molecule has 1 fully saturated rings. The molecular weight excluding hydrogens is 328 g/mol. The Balaban J connectivity index is 1.87. The summed E-state index contributed by atoms with van der Waals surface area (Å²) in [6.45, 7) is 2.57. The summed E-state index contributed by atoms with van der Waals surface area (Å²) in [6.07, 6.45) is 3.60. The van der Waals surface area contributed by atoms with Gasteiger partial charge in [0.15, 0.2) is 5.69 Å². The molecule has 1 saturated heterocycles. The van der Waals surface area contributed by atoms with Gasteiger partial charge in [0.2, 0.25) is 0 Å². The molecule has 2 heterocycles. The number of carbonyl (C=O) groups excluding carboxylic acids is 1. The molecule has 0 spiro atoms. The van der Waals surface area contributed by atoms with Gasteiger partial charge in [0.05, 0.1) is 11.4 Å². The number of piperidine rings is 1. The first-order chi connectivity index (χ1) is 11.6. The molecule has 24 heavy (non-hydrogen) atoms. The van der Waals surface area contributed by atoms with Crippen molar-refractivity contribution >= 4 is 17.5 Å². The SMILES string of the molecule is Cc1nn(-c2cccc(Cl)c2)nc1C(=O)N1CCCCC1CCO. The van der Waals surface area contributed by atoms with Gasteiger partial charge in [-0.1, -0.05) is 17.7 Å². The average Bonchev–Trinajstić information content (AvgIpc) is 2.97. The van der Waals surface area contributed by atoms with Gasteiger partial charge in [0, 0.05) is 24.2 Å². The molecule has 0 aliphatic carbocycles. The largest absolute Gasteiger partial charge is 0.396 e. The predicted octanol–water partition coefficient (Wildman–Crippen LogP) is 2.61. The Hall–Kier alpha value is -1.92. The number of aromatic nitrogens is 3. The number of carbonyl (C=O) groups is 1. The topological polar surface area (TPSA) is 71.2 Å². The van der Waals surface area contributed by atoms with Crippen LogP contribution in [0, 0.1) is 6.92 Å². The average molecular weight is 349 g/mol. The molecular formula is C17H21ClN4O2. The van der Waals surface area contributed by atoms with Crippen LogP contribution in [0.1, 0.15) is 41.9 Å². The molecule has 2 aromatic rings. The summed E-state index contributed by atoms with van der Waals surface area (Å²) < 4.78 is 0. The van der Waals surface area contributed by atoms with E-state index >= 15 is 0 Å². The van der Waals surface area contributed by atoms with Crippen molar-refractivity contribution in [1.82, 2.24) is 19.9 Å². The highest BCUT2D eigenvalue weighted by atomic mass is 35.5. The van der Waals surface area contributed by atoms with E-state index in [0.717, 1.165) is 24.9 Å². The van der Waals surface area contributed by atoms with Crippen molar-refractivity contribution in [2.24, 2.45) is 0 Å². The third-order valence-electron chi connectivity index (χ3n) is 4.37. The molecule has 6 nitrogen and oxygen atoms in total. The number of aliphatic hydroxyl groups excluding tert-OH is 1. The first kappa shape index (κ1) is 16.9. The lowest BCUT2D eigenvalue weighted by Crippen LogP contribution is -2.44. The second kappa shape index (κ2) is 7.32. The number of aryl methyl sites for hydroxylation is 1. The zero-order valence-corrected chi connectivity index (χ0v) is 14.4. The van der Waals surface area contributed by atoms with Crippen molar-refractivity contribution in [3.63, 3.8) is 0 Å². The zero-order chi connectivity index (χ0) is 17.1. The maximum atomic E-state index is 12.9. The van der Waals surface area contributed by atoms with Crippen LogP contribution in [-0.2, 0) is 0 Å². The summed E-state index contributed by atoms with van der Waals surface area (Å²) >= 11 is 6.01. The maximum absolute atomic E-state index is 12.9. The van der Waals surface area contributed by atoms with Crippen LogP contribution in [-0.4, -0.2) is 50.1 Å². The van der Waals surface area contributed by atoms with E-state index in [1.165, 1.54) is 4.80 Å². The van der Waals surface area contributed by atoms with E-state index in [4.69, 9.17) is 11.6 Å². The number of nitrogens with zero attached hydrogens (tertiary/aromatic N) is 4. The fourth-order valence-electron chi connectivity index (χ4n) is 3.15. The molecule has 0 bridgehead atoms. The quantitative estimate of drug-likeness (QED) is 0.922. The number of halogens is 1. The van der Waals surface area contributed by atoms with Gasteiger partial charge in [-0.3, -0.25) is 4.79 Å². The third-order valence-corrected chi connectivity index (χ3v) is 4.61.